The number of nitrogens with two attached hydrogens (primary N) is 1. The van der Waals surface area contributed by atoms with Gasteiger partial charge in [0, 0.05) is 30.1 Å². The normalized spacial score (nSPS) is 12.3. The minimum Gasteiger partial charge on any atom is -0.497 e. The van der Waals surface area contributed by atoms with E-state index in [-0.39, 0.29) is 11.5 Å². The summed E-state index contributed by atoms with van der Waals surface area (Å²) in [4.78, 5) is 20.9. The van der Waals surface area contributed by atoms with Crippen LogP contribution in [0.2, 0.25) is 0 Å². The summed E-state index contributed by atoms with van der Waals surface area (Å²) in [6.07, 6.45) is 0.457. The number of ether oxygens (including phenoxy) is 1. The number of benzene rings is 1. The van der Waals surface area contributed by atoms with Gasteiger partial charge in [0.1, 0.15) is 17.4 Å². The molecule has 6 N–H and O–H groups in total. The first kappa shape index (κ1) is 26.0. The van der Waals surface area contributed by atoms with Crippen molar-refractivity contribution < 1.29 is 14.6 Å². The van der Waals surface area contributed by atoms with Gasteiger partial charge in [0.05, 0.1) is 18.3 Å². The van der Waals surface area contributed by atoms with E-state index in [2.05, 4.69) is 16.0 Å². The van der Waals surface area contributed by atoms with Crippen LogP contribution < -0.4 is 26.4 Å². The second-order valence-corrected chi connectivity index (χ2v) is 9.50. The van der Waals surface area contributed by atoms with Crippen LogP contribution in [-0.4, -0.2) is 54.0 Å². The van der Waals surface area contributed by atoms with Crippen molar-refractivity contribution in [2.45, 2.75) is 39.7 Å². The van der Waals surface area contributed by atoms with Crippen LogP contribution in [-0.2, 0) is 0 Å². The Morgan fingerprint density at radius 3 is 2.46 bits per heavy atom. The number of carboxylic acid groups (broad SMARTS) is 1. The highest BCUT2D eigenvalue weighted by Crippen LogP contribution is 2.29. The zero-order valence-corrected chi connectivity index (χ0v) is 20.9. The molecule has 35 heavy (non-hydrogen) atoms. The van der Waals surface area contributed by atoms with Gasteiger partial charge in [0.25, 0.3) is 0 Å². The standard InChI is InChI=1S/C26H36N6O3/c1-26(2,3)22(32-25(33)34)12-15-28-23-11-10-19-21(30-23)16-20(31-24(19)29-14-5-13-27)17-6-8-18(35-4)9-7-17/h6-11,16,22,32H,5,12-15,27H2,1-4H3,(H,28,30)(H,29,31)(H,33,34). The molecule has 1 amide bonds. The lowest BCUT2D eigenvalue weighted by Gasteiger charge is -2.30. The molecule has 2 heterocycles. The molecule has 0 radical (unpaired) electrons. The molecule has 0 saturated carbocycles. The van der Waals surface area contributed by atoms with Gasteiger partial charge in [0.2, 0.25) is 0 Å². The maximum absolute atomic E-state index is 11.2. The average Bonchev–Trinajstić information content (AvgIpc) is 2.82. The molecule has 0 bridgehead atoms. The molecule has 3 rings (SSSR count). The molecule has 0 spiro atoms. The second-order valence-electron chi connectivity index (χ2n) is 9.50. The molecule has 9 nitrogen and oxygen atoms in total. The predicted octanol–water partition coefficient (Wildman–Crippen LogP) is 4.55. The van der Waals surface area contributed by atoms with E-state index in [0.717, 1.165) is 52.5 Å². The first-order chi connectivity index (χ1) is 16.7. The smallest absolute Gasteiger partial charge is 0.404 e. The van der Waals surface area contributed by atoms with E-state index in [1.54, 1.807) is 7.11 Å². The van der Waals surface area contributed by atoms with Crippen molar-refractivity contribution in [1.29, 1.82) is 0 Å². The van der Waals surface area contributed by atoms with Crippen LogP contribution in [0, 0.1) is 5.41 Å². The number of fused-ring (bicyclic) bond motifs is 1. The van der Waals surface area contributed by atoms with Gasteiger partial charge in [-0.15, -0.1) is 0 Å². The maximum atomic E-state index is 11.2. The van der Waals surface area contributed by atoms with Gasteiger partial charge in [-0.25, -0.2) is 14.8 Å². The molecule has 0 aliphatic heterocycles. The summed E-state index contributed by atoms with van der Waals surface area (Å²) in [5, 5.41) is 19.4. The van der Waals surface area contributed by atoms with E-state index in [1.807, 2.05) is 63.2 Å². The topological polar surface area (TPSA) is 134 Å². The summed E-state index contributed by atoms with van der Waals surface area (Å²) in [5.41, 5.74) is 8.04. The highest BCUT2D eigenvalue weighted by Gasteiger charge is 2.25. The molecule has 0 saturated heterocycles. The van der Waals surface area contributed by atoms with E-state index in [1.165, 1.54) is 0 Å². The molecule has 0 aliphatic rings. The highest BCUT2D eigenvalue weighted by atomic mass is 16.5. The number of carbonyl (C=O) groups is 1. The summed E-state index contributed by atoms with van der Waals surface area (Å²) < 4.78 is 5.27. The van der Waals surface area contributed by atoms with E-state index in [0.29, 0.717) is 19.5 Å². The number of pyridine rings is 2. The zero-order valence-electron chi connectivity index (χ0n) is 20.9. The number of methoxy groups -OCH3 is 1. The van der Waals surface area contributed by atoms with Crippen LogP contribution in [0.25, 0.3) is 22.2 Å². The van der Waals surface area contributed by atoms with E-state index in [9.17, 15) is 4.79 Å². The molecule has 0 aliphatic carbocycles. The molecular weight excluding hydrogens is 444 g/mol. The largest absolute Gasteiger partial charge is 0.497 e. The Hall–Kier alpha value is -3.59. The third-order valence-corrected chi connectivity index (χ3v) is 5.83. The van der Waals surface area contributed by atoms with E-state index >= 15 is 0 Å². The Labute approximate surface area is 206 Å². The Kier molecular flexibility index (Phi) is 8.70. The summed E-state index contributed by atoms with van der Waals surface area (Å²) in [7, 11) is 1.64. The molecule has 188 valence electrons. The number of nitrogens with one attached hydrogen (secondary N) is 3. The van der Waals surface area contributed by atoms with Crippen LogP contribution in [0.15, 0.2) is 42.5 Å². The second kappa shape index (κ2) is 11.7. The van der Waals surface area contributed by atoms with Gasteiger partial charge >= 0.3 is 6.09 Å². The van der Waals surface area contributed by atoms with Crippen molar-refractivity contribution in [3.8, 4) is 17.0 Å². The Bertz CT molecular complexity index is 1130. The van der Waals surface area contributed by atoms with Crippen LogP contribution >= 0.6 is 0 Å². The van der Waals surface area contributed by atoms with Crippen LogP contribution in [0.1, 0.15) is 33.6 Å². The summed E-state index contributed by atoms with van der Waals surface area (Å²) in [6, 6.07) is 13.5. The monoisotopic (exact) mass is 480 g/mol. The lowest BCUT2D eigenvalue weighted by molar-refractivity contribution is 0.173. The summed E-state index contributed by atoms with van der Waals surface area (Å²) in [6.45, 7) is 7.97. The molecule has 1 unspecified atom stereocenters. The Morgan fingerprint density at radius 2 is 1.83 bits per heavy atom. The van der Waals surface area contributed by atoms with E-state index in [4.69, 9.17) is 25.5 Å². The molecule has 3 aromatic rings. The molecule has 9 heteroatoms. The fourth-order valence-corrected chi connectivity index (χ4v) is 3.79. The maximum Gasteiger partial charge on any atom is 0.404 e. The lowest BCUT2D eigenvalue weighted by atomic mass is 9.85. The van der Waals surface area contributed by atoms with Crippen LogP contribution in [0.3, 0.4) is 0 Å². The van der Waals surface area contributed by atoms with Crippen molar-refractivity contribution in [1.82, 2.24) is 15.3 Å². The third kappa shape index (κ3) is 7.19. The average molecular weight is 481 g/mol. The third-order valence-electron chi connectivity index (χ3n) is 5.83. The van der Waals surface area contributed by atoms with Crippen LogP contribution in [0.4, 0.5) is 16.4 Å². The fourth-order valence-electron chi connectivity index (χ4n) is 3.79. The fraction of sp³-hybridized carbons (Fsp3) is 0.423. The minimum absolute atomic E-state index is 0.183. The number of nitrogens with zero attached hydrogens (tertiary/aromatic N) is 2. The molecule has 2 aromatic heterocycles. The summed E-state index contributed by atoms with van der Waals surface area (Å²) >= 11 is 0. The predicted molar refractivity (Wildman–Crippen MR) is 141 cm³/mol. The zero-order chi connectivity index (χ0) is 25.4. The first-order valence-electron chi connectivity index (χ1n) is 11.8. The molecule has 1 atom stereocenters. The van der Waals surface area contributed by atoms with Crippen molar-refractivity contribution in [2.24, 2.45) is 11.1 Å². The number of rotatable bonds is 11. The highest BCUT2D eigenvalue weighted by molar-refractivity contribution is 5.93. The van der Waals surface area contributed by atoms with Gasteiger partial charge in [0.15, 0.2) is 0 Å². The SMILES string of the molecule is COc1ccc(-c2cc3nc(NCCC(NC(=O)O)C(C)(C)C)ccc3c(NCCCN)n2)cc1. The van der Waals surface area contributed by atoms with Crippen LogP contribution in [0.5, 0.6) is 5.75 Å². The Morgan fingerprint density at radius 1 is 1.09 bits per heavy atom. The van der Waals surface area contributed by atoms with Crippen molar-refractivity contribution in [3.63, 3.8) is 0 Å². The van der Waals surface area contributed by atoms with Gasteiger partial charge in [-0.05, 0) is 67.3 Å². The van der Waals surface area contributed by atoms with Crippen molar-refractivity contribution >= 4 is 28.6 Å². The summed E-state index contributed by atoms with van der Waals surface area (Å²) in [5.74, 6) is 2.27. The van der Waals surface area contributed by atoms with Gasteiger partial charge in [-0.1, -0.05) is 20.8 Å². The first-order valence-corrected chi connectivity index (χ1v) is 11.8. The lowest BCUT2D eigenvalue weighted by Crippen LogP contribution is -2.44. The quantitative estimate of drug-likeness (QED) is 0.252. The number of hydrogen-bond acceptors (Lipinski definition) is 7. The van der Waals surface area contributed by atoms with E-state index < -0.39 is 6.09 Å². The van der Waals surface area contributed by atoms with Crippen molar-refractivity contribution in [3.05, 3.63) is 42.5 Å². The van der Waals surface area contributed by atoms with Gasteiger partial charge < -0.3 is 31.5 Å². The number of aromatic nitrogens is 2. The Balaban J connectivity index is 1.86. The van der Waals surface area contributed by atoms with Crippen molar-refractivity contribution in [2.75, 3.05) is 37.4 Å². The number of amides is 1. The minimum atomic E-state index is -1.01. The molecule has 0 fully saturated rings. The number of hydrogen-bond donors (Lipinski definition) is 5. The number of anilines is 2. The molecule has 1 aromatic carbocycles. The van der Waals surface area contributed by atoms with Gasteiger partial charge in [-0.3, -0.25) is 0 Å². The molecular formula is C26H36N6O3. The van der Waals surface area contributed by atoms with Gasteiger partial charge in [-0.2, -0.15) is 0 Å².